The second kappa shape index (κ2) is 6.18. The SMILES string of the molecule is CC1CCC(C)N(S(=O)(=O)c2cc(CCl)cc(F)c2F)C1. The van der Waals surface area contributed by atoms with E-state index in [-0.39, 0.29) is 23.4 Å². The Morgan fingerprint density at radius 2 is 1.95 bits per heavy atom. The molecule has 0 radical (unpaired) electrons. The summed E-state index contributed by atoms with van der Waals surface area (Å²) in [5.74, 6) is -2.41. The van der Waals surface area contributed by atoms with E-state index in [0.29, 0.717) is 13.0 Å². The average Bonchev–Trinajstić information content (AvgIpc) is 2.43. The monoisotopic (exact) mass is 337 g/mol. The van der Waals surface area contributed by atoms with Gasteiger partial charge in [-0.2, -0.15) is 4.31 Å². The van der Waals surface area contributed by atoms with E-state index in [1.165, 1.54) is 4.31 Å². The number of sulfonamides is 1. The highest BCUT2D eigenvalue weighted by Crippen LogP contribution is 2.30. The fourth-order valence-corrected chi connectivity index (χ4v) is 4.65. The third-order valence-corrected chi connectivity index (χ3v) is 6.14. The van der Waals surface area contributed by atoms with Crippen molar-refractivity contribution in [1.29, 1.82) is 0 Å². The van der Waals surface area contributed by atoms with Crippen LogP contribution >= 0.6 is 11.6 Å². The maximum absolute atomic E-state index is 14.0. The van der Waals surface area contributed by atoms with E-state index in [0.717, 1.165) is 18.6 Å². The normalized spacial score (nSPS) is 24.2. The van der Waals surface area contributed by atoms with Gasteiger partial charge in [-0.05, 0) is 43.4 Å². The van der Waals surface area contributed by atoms with Gasteiger partial charge >= 0.3 is 0 Å². The van der Waals surface area contributed by atoms with E-state index in [1.807, 2.05) is 6.92 Å². The van der Waals surface area contributed by atoms with Gasteiger partial charge in [-0.1, -0.05) is 6.92 Å². The lowest BCUT2D eigenvalue weighted by Gasteiger charge is -2.35. The number of benzene rings is 1. The van der Waals surface area contributed by atoms with Gasteiger partial charge in [0.05, 0.1) is 0 Å². The minimum atomic E-state index is -4.07. The molecule has 0 spiro atoms. The van der Waals surface area contributed by atoms with E-state index in [9.17, 15) is 17.2 Å². The summed E-state index contributed by atoms with van der Waals surface area (Å²) in [4.78, 5) is -0.626. The van der Waals surface area contributed by atoms with Crippen LogP contribution in [0.1, 0.15) is 32.3 Å². The van der Waals surface area contributed by atoms with Crippen molar-refractivity contribution in [3.05, 3.63) is 29.3 Å². The molecule has 3 nitrogen and oxygen atoms in total. The second-order valence-corrected chi connectivity index (χ2v) is 7.76. The molecule has 118 valence electrons. The summed E-state index contributed by atoms with van der Waals surface area (Å²) < 4.78 is 54.1. The van der Waals surface area contributed by atoms with Crippen LogP contribution < -0.4 is 0 Å². The molecule has 0 aliphatic carbocycles. The zero-order valence-electron chi connectivity index (χ0n) is 11.9. The van der Waals surface area contributed by atoms with Crippen LogP contribution in [0.2, 0.25) is 0 Å². The van der Waals surface area contributed by atoms with Crippen LogP contribution in [-0.2, 0) is 15.9 Å². The van der Waals surface area contributed by atoms with Crippen LogP contribution in [0.5, 0.6) is 0 Å². The number of hydrogen-bond acceptors (Lipinski definition) is 2. The van der Waals surface area contributed by atoms with Crippen molar-refractivity contribution in [3.8, 4) is 0 Å². The van der Waals surface area contributed by atoms with Crippen LogP contribution in [0.3, 0.4) is 0 Å². The molecule has 1 saturated heterocycles. The van der Waals surface area contributed by atoms with E-state index in [4.69, 9.17) is 11.6 Å². The first kappa shape index (κ1) is 16.6. The fourth-order valence-electron chi connectivity index (χ4n) is 2.59. The quantitative estimate of drug-likeness (QED) is 0.791. The van der Waals surface area contributed by atoms with Crippen molar-refractivity contribution in [2.24, 2.45) is 5.92 Å². The number of piperidine rings is 1. The van der Waals surface area contributed by atoms with Crippen molar-refractivity contribution in [3.63, 3.8) is 0 Å². The van der Waals surface area contributed by atoms with Crippen LogP contribution in [0, 0.1) is 17.6 Å². The Labute approximate surface area is 129 Å². The molecule has 2 rings (SSSR count). The van der Waals surface area contributed by atoms with Crippen molar-refractivity contribution in [2.75, 3.05) is 6.54 Å². The van der Waals surface area contributed by atoms with Gasteiger partial charge in [0, 0.05) is 18.5 Å². The van der Waals surface area contributed by atoms with Crippen molar-refractivity contribution in [2.45, 2.75) is 43.5 Å². The molecule has 1 aromatic rings. The number of nitrogens with zero attached hydrogens (tertiary/aromatic N) is 1. The number of alkyl halides is 1. The maximum atomic E-state index is 14.0. The summed E-state index contributed by atoms with van der Waals surface area (Å²) in [5, 5.41) is 0. The van der Waals surface area contributed by atoms with Crippen LogP contribution in [0.15, 0.2) is 17.0 Å². The number of hydrogen-bond donors (Lipinski definition) is 0. The van der Waals surface area contributed by atoms with Gasteiger partial charge in [-0.3, -0.25) is 0 Å². The van der Waals surface area contributed by atoms with E-state index in [1.54, 1.807) is 6.92 Å². The van der Waals surface area contributed by atoms with E-state index < -0.39 is 26.6 Å². The fraction of sp³-hybridized carbons (Fsp3) is 0.571. The van der Waals surface area contributed by atoms with Gasteiger partial charge in [0.1, 0.15) is 4.90 Å². The van der Waals surface area contributed by atoms with Gasteiger partial charge < -0.3 is 0 Å². The molecular formula is C14H18ClF2NO2S. The zero-order valence-corrected chi connectivity index (χ0v) is 13.5. The highest BCUT2D eigenvalue weighted by Gasteiger charge is 2.36. The summed E-state index contributed by atoms with van der Waals surface area (Å²) >= 11 is 5.61. The van der Waals surface area contributed by atoms with Crippen molar-refractivity contribution in [1.82, 2.24) is 4.31 Å². The third kappa shape index (κ3) is 3.22. The van der Waals surface area contributed by atoms with Crippen LogP contribution in [0.25, 0.3) is 0 Å². The molecule has 0 N–H and O–H groups in total. The minimum absolute atomic E-state index is 0.0777. The van der Waals surface area contributed by atoms with Crippen LogP contribution in [-0.4, -0.2) is 25.3 Å². The Balaban J connectivity index is 2.51. The number of rotatable bonds is 3. The lowest BCUT2D eigenvalue weighted by molar-refractivity contribution is 0.217. The summed E-state index contributed by atoms with van der Waals surface area (Å²) in [6, 6.07) is 1.81. The molecule has 2 unspecified atom stereocenters. The largest absolute Gasteiger partial charge is 0.246 e. The molecule has 21 heavy (non-hydrogen) atoms. The lowest BCUT2D eigenvalue weighted by Crippen LogP contribution is -2.45. The first-order valence-electron chi connectivity index (χ1n) is 6.83. The van der Waals surface area contributed by atoms with Crippen molar-refractivity contribution >= 4 is 21.6 Å². The maximum Gasteiger partial charge on any atom is 0.246 e. The standard InChI is InChI=1S/C14H18ClF2NO2S/c1-9-3-4-10(2)18(8-9)21(19,20)13-6-11(7-15)5-12(16)14(13)17/h5-6,9-10H,3-4,7-8H2,1-2H3. The summed E-state index contributed by atoms with van der Waals surface area (Å²) in [5.41, 5.74) is 0.242. The first-order chi connectivity index (χ1) is 9.77. The topological polar surface area (TPSA) is 37.4 Å². The summed E-state index contributed by atoms with van der Waals surface area (Å²) in [6.07, 6.45) is 1.63. The molecule has 0 amide bonds. The average molecular weight is 338 g/mol. The highest BCUT2D eigenvalue weighted by molar-refractivity contribution is 7.89. The van der Waals surface area contributed by atoms with Gasteiger partial charge in [-0.15, -0.1) is 11.6 Å². The smallest absolute Gasteiger partial charge is 0.207 e. The Morgan fingerprint density at radius 1 is 1.29 bits per heavy atom. The predicted octanol–water partition coefficient (Wildman–Crippen LogP) is 3.51. The van der Waals surface area contributed by atoms with Gasteiger partial charge in [-0.25, -0.2) is 17.2 Å². The molecule has 1 aromatic carbocycles. The van der Waals surface area contributed by atoms with E-state index >= 15 is 0 Å². The molecule has 7 heteroatoms. The molecule has 1 fully saturated rings. The molecular weight excluding hydrogens is 320 g/mol. The molecule has 0 bridgehead atoms. The summed E-state index contributed by atoms with van der Waals surface area (Å²) in [7, 11) is -4.07. The Bertz CT molecular complexity index is 636. The van der Waals surface area contributed by atoms with E-state index in [2.05, 4.69) is 0 Å². The molecule has 1 heterocycles. The molecule has 0 aromatic heterocycles. The van der Waals surface area contributed by atoms with Crippen LogP contribution in [0.4, 0.5) is 8.78 Å². The summed E-state index contributed by atoms with van der Waals surface area (Å²) in [6.45, 7) is 4.04. The number of halogens is 3. The predicted molar refractivity (Wildman–Crippen MR) is 77.7 cm³/mol. The zero-order chi connectivity index (χ0) is 15.8. The first-order valence-corrected chi connectivity index (χ1v) is 8.80. The van der Waals surface area contributed by atoms with Gasteiger partial charge in [0.15, 0.2) is 11.6 Å². The lowest BCUT2D eigenvalue weighted by atomic mass is 9.97. The highest BCUT2D eigenvalue weighted by atomic mass is 35.5. The Morgan fingerprint density at radius 3 is 2.57 bits per heavy atom. The Hall–Kier alpha value is -0.720. The molecule has 0 saturated carbocycles. The van der Waals surface area contributed by atoms with Gasteiger partial charge in [0.25, 0.3) is 0 Å². The Kier molecular flexibility index (Phi) is 4.90. The molecule has 2 atom stereocenters. The van der Waals surface area contributed by atoms with Gasteiger partial charge in [0.2, 0.25) is 10.0 Å². The van der Waals surface area contributed by atoms with Crippen molar-refractivity contribution < 1.29 is 17.2 Å². The molecule has 1 aliphatic rings. The minimum Gasteiger partial charge on any atom is -0.207 e. The third-order valence-electron chi connectivity index (χ3n) is 3.86. The second-order valence-electron chi connectivity index (χ2n) is 5.63. The molecule has 1 aliphatic heterocycles.